The topological polar surface area (TPSA) is 20.3 Å². The summed E-state index contributed by atoms with van der Waals surface area (Å²) in [5, 5.41) is 0. The highest BCUT2D eigenvalue weighted by atomic mass is 16.1. The molecule has 1 heterocycles. The molecule has 1 atom stereocenters. The van der Waals surface area contributed by atoms with Crippen molar-refractivity contribution >= 4 is 12.0 Å². The zero-order valence-corrected chi connectivity index (χ0v) is 8.86. The predicted octanol–water partition coefficient (Wildman–Crippen LogP) is 2.55. The van der Waals surface area contributed by atoms with Gasteiger partial charge in [-0.3, -0.25) is 4.79 Å². The van der Waals surface area contributed by atoms with Crippen LogP contribution in [0.5, 0.6) is 0 Å². The second kappa shape index (κ2) is 4.96. The summed E-state index contributed by atoms with van der Waals surface area (Å²) in [6.07, 6.45) is 5.94. The van der Waals surface area contributed by atoms with Crippen LogP contribution in [0.1, 0.15) is 25.7 Å². The maximum absolute atomic E-state index is 10.3. The first-order valence-corrected chi connectivity index (χ1v) is 5.58. The van der Waals surface area contributed by atoms with Gasteiger partial charge in [-0.2, -0.15) is 0 Å². The highest BCUT2D eigenvalue weighted by Gasteiger charge is 2.23. The molecule has 1 aliphatic rings. The molecule has 1 aromatic carbocycles. The molecule has 1 radical (unpaired) electrons. The summed E-state index contributed by atoms with van der Waals surface area (Å²) in [6.45, 7) is 1.12. The first kappa shape index (κ1) is 10.2. The molecule has 1 aromatic rings. The minimum atomic E-state index is 0.536. The Morgan fingerprint density at radius 1 is 1.33 bits per heavy atom. The van der Waals surface area contributed by atoms with Gasteiger partial charge in [0, 0.05) is 24.7 Å². The van der Waals surface area contributed by atoms with E-state index in [4.69, 9.17) is 0 Å². The van der Waals surface area contributed by atoms with Crippen molar-refractivity contribution in [3.8, 4) is 0 Å². The Bertz CT molecular complexity index is 310. The van der Waals surface area contributed by atoms with Crippen molar-refractivity contribution in [1.82, 2.24) is 0 Å². The Hall–Kier alpha value is -1.31. The van der Waals surface area contributed by atoms with Gasteiger partial charge in [0.15, 0.2) is 6.29 Å². The zero-order chi connectivity index (χ0) is 10.5. The van der Waals surface area contributed by atoms with Crippen LogP contribution in [0, 0.1) is 0 Å². The van der Waals surface area contributed by atoms with E-state index in [1.54, 1.807) is 0 Å². The monoisotopic (exact) mass is 202 g/mol. The maximum atomic E-state index is 10.3. The van der Waals surface area contributed by atoms with Crippen molar-refractivity contribution in [2.24, 2.45) is 0 Å². The van der Waals surface area contributed by atoms with E-state index >= 15 is 0 Å². The van der Waals surface area contributed by atoms with Gasteiger partial charge < -0.3 is 4.90 Å². The molecule has 0 saturated carbocycles. The first-order chi connectivity index (χ1) is 7.42. The Morgan fingerprint density at radius 3 is 2.87 bits per heavy atom. The summed E-state index contributed by atoms with van der Waals surface area (Å²) in [5.41, 5.74) is 1.28. The molecule has 0 amide bonds. The molecule has 1 saturated heterocycles. The Kier molecular flexibility index (Phi) is 3.38. The number of anilines is 1. The summed E-state index contributed by atoms with van der Waals surface area (Å²) in [7, 11) is 0. The van der Waals surface area contributed by atoms with Gasteiger partial charge in [-0.05, 0) is 31.4 Å². The summed E-state index contributed by atoms with van der Waals surface area (Å²) < 4.78 is 0. The smallest absolute Gasteiger partial charge is 0.198 e. The average molecular weight is 202 g/mol. The second-order valence-corrected chi connectivity index (χ2v) is 4.01. The quantitative estimate of drug-likeness (QED) is 0.747. The minimum Gasteiger partial charge on any atom is -0.369 e. The van der Waals surface area contributed by atoms with E-state index in [0.717, 1.165) is 13.0 Å². The fourth-order valence-electron chi connectivity index (χ4n) is 2.32. The fraction of sp³-hybridized carbons (Fsp3) is 0.462. The summed E-state index contributed by atoms with van der Waals surface area (Å²) in [5.74, 6) is 0. The van der Waals surface area contributed by atoms with E-state index in [1.807, 2.05) is 12.4 Å². The van der Waals surface area contributed by atoms with Crippen molar-refractivity contribution < 1.29 is 4.79 Å². The summed E-state index contributed by atoms with van der Waals surface area (Å²) in [6, 6.07) is 11.0. The third-order valence-corrected chi connectivity index (χ3v) is 3.04. The lowest BCUT2D eigenvalue weighted by Crippen LogP contribution is -2.28. The lowest BCUT2D eigenvalue weighted by molar-refractivity contribution is 0.538. The second-order valence-electron chi connectivity index (χ2n) is 4.01. The van der Waals surface area contributed by atoms with Crippen LogP contribution in [0.15, 0.2) is 30.3 Å². The third-order valence-electron chi connectivity index (χ3n) is 3.04. The van der Waals surface area contributed by atoms with Gasteiger partial charge in [0.05, 0.1) is 0 Å². The van der Waals surface area contributed by atoms with Crippen LogP contribution in [0.25, 0.3) is 0 Å². The summed E-state index contributed by atoms with van der Waals surface area (Å²) in [4.78, 5) is 12.7. The van der Waals surface area contributed by atoms with E-state index < -0.39 is 0 Å². The number of carbonyl (C=O) groups excluding carboxylic acids is 1. The van der Waals surface area contributed by atoms with Crippen molar-refractivity contribution in [1.29, 1.82) is 0 Å². The van der Waals surface area contributed by atoms with Crippen LogP contribution in [0.2, 0.25) is 0 Å². The van der Waals surface area contributed by atoms with E-state index in [9.17, 15) is 4.79 Å². The number of rotatable bonds is 4. The number of benzene rings is 1. The van der Waals surface area contributed by atoms with Gasteiger partial charge in [0.25, 0.3) is 0 Å². The molecule has 0 aromatic heterocycles. The molecule has 79 valence electrons. The Labute approximate surface area is 90.9 Å². The molecule has 15 heavy (non-hydrogen) atoms. The van der Waals surface area contributed by atoms with E-state index in [2.05, 4.69) is 29.2 Å². The van der Waals surface area contributed by atoms with Gasteiger partial charge in [-0.15, -0.1) is 0 Å². The normalized spacial score (nSPS) is 20.5. The van der Waals surface area contributed by atoms with Crippen LogP contribution in [-0.2, 0) is 4.79 Å². The van der Waals surface area contributed by atoms with Gasteiger partial charge >= 0.3 is 0 Å². The minimum absolute atomic E-state index is 0.536. The molecule has 0 aliphatic carbocycles. The fourth-order valence-corrected chi connectivity index (χ4v) is 2.32. The van der Waals surface area contributed by atoms with Crippen molar-refractivity contribution in [3.05, 3.63) is 30.3 Å². The number of nitrogens with zero attached hydrogens (tertiary/aromatic N) is 1. The van der Waals surface area contributed by atoms with Crippen LogP contribution in [-0.4, -0.2) is 18.9 Å². The van der Waals surface area contributed by atoms with Gasteiger partial charge in [-0.25, -0.2) is 0 Å². The SMILES string of the molecule is O=[C]CCC1CCCN1c1ccccc1. The summed E-state index contributed by atoms with van der Waals surface area (Å²) >= 11 is 0. The van der Waals surface area contributed by atoms with Crippen LogP contribution >= 0.6 is 0 Å². The Balaban J connectivity index is 2.04. The molecule has 2 heteroatoms. The van der Waals surface area contributed by atoms with Crippen LogP contribution in [0.3, 0.4) is 0 Å². The molecule has 1 fully saturated rings. The van der Waals surface area contributed by atoms with Gasteiger partial charge in [0.1, 0.15) is 0 Å². The van der Waals surface area contributed by atoms with E-state index in [-0.39, 0.29) is 0 Å². The molecule has 0 bridgehead atoms. The zero-order valence-electron chi connectivity index (χ0n) is 8.86. The van der Waals surface area contributed by atoms with Crippen molar-refractivity contribution in [2.45, 2.75) is 31.7 Å². The lowest BCUT2D eigenvalue weighted by atomic mass is 10.1. The first-order valence-electron chi connectivity index (χ1n) is 5.58. The van der Waals surface area contributed by atoms with Gasteiger partial charge in [0.2, 0.25) is 0 Å². The maximum Gasteiger partial charge on any atom is 0.198 e. The third kappa shape index (κ3) is 2.38. The molecule has 2 nitrogen and oxygen atoms in total. The van der Waals surface area contributed by atoms with Gasteiger partial charge in [-0.1, -0.05) is 18.2 Å². The lowest BCUT2D eigenvalue weighted by Gasteiger charge is -2.26. The van der Waals surface area contributed by atoms with Crippen LogP contribution in [0.4, 0.5) is 5.69 Å². The standard InChI is InChI=1S/C13H16NO/c15-11-5-9-13-8-4-10-14(13)12-6-2-1-3-7-12/h1-3,6-7,13H,4-5,8-10H2. The Morgan fingerprint density at radius 2 is 2.13 bits per heavy atom. The predicted molar refractivity (Wildman–Crippen MR) is 61.7 cm³/mol. The highest BCUT2D eigenvalue weighted by Crippen LogP contribution is 2.27. The molecule has 1 unspecified atom stereocenters. The molecular formula is C13H16NO. The molecule has 0 N–H and O–H groups in total. The largest absolute Gasteiger partial charge is 0.369 e. The number of para-hydroxylation sites is 1. The van der Waals surface area contributed by atoms with Crippen molar-refractivity contribution in [2.75, 3.05) is 11.4 Å². The van der Waals surface area contributed by atoms with Crippen molar-refractivity contribution in [3.63, 3.8) is 0 Å². The molecule has 2 rings (SSSR count). The molecule has 0 spiro atoms. The molecular weight excluding hydrogens is 186 g/mol. The highest BCUT2D eigenvalue weighted by molar-refractivity contribution is 5.52. The average Bonchev–Trinajstić information content (AvgIpc) is 2.75. The number of hydrogen-bond donors (Lipinski definition) is 0. The van der Waals surface area contributed by atoms with E-state index in [0.29, 0.717) is 12.5 Å². The number of hydrogen-bond acceptors (Lipinski definition) is 2. The molecule has 1 aliphatic heterocycles. The van der Waals surface area contributed by atoms with E-state index in [1.165, 1.54) is 18.5 Å². The van der Waals surface area contributed by atoms with Crippen LogP contribution < -0.4 is 4.90 Å².